The number of hydrogen-bond acceptors (Lipinski definition) is 3. The molecule has 3 heterocycles. The van der Waals surface area contributed by atoms with Gasteiger partial charge in [-0.3, -0.25) is 0 Å². The maximum atomic E-state index is 6.21. The molecule has 1 radical (unpaired) electrons. The molecule has 1 aliphatic rings. The summed E-state index contributed by atoms with van der Waals surface area (Å²) in [5, 5.41) is 3.75. The molecule has 0 bridgehead atoms. The fourth-order valence-electron chi connectivity index (χ4n) is 8.29. The van der Waals surface area contributed by atoms with Crippen molar-refractivity contribution in [1.82, 2.24) is 9.97 Å². The van der Waals surface area contributed by atoms with Gasteiger partial charge in [-0.2, -0.15) is 0 Å². The van der Waals surface area contributed by atoms with Gasteiger partial charge in [0.2, 0.25) is 0 Å². The van der Waals surface area contributed by atoms with E-state index < -0.39 is 8.07 Å². The van der Waals surface area contributed by atoms with Crippen LogP contribution in [0, 0.1) is 44.2 Å². The maximum Gasteiger partial charge on any atom is 0.123 e. The van der Waals surface area contributed by atoms with Gasteiger partial charge in [0.15, 0.2) is 0 Å². The minimum atomic E-state index is -1.36. The van der Waals surface area contributed by atoms with E-state index in [1.165, 1.54) is 71.9 Å². The number of aromatic nitrogens is 2. The van der Waals surface area contributed by atoms with Crippen LogP contribution in [-0.2, 0) is 32.9 Å². The second-order valence-electron chi connectivity index (χ2n) is 18.4. The molecule has 8 rings (SSSR count). The van der Waals surface area contributed by atoms with E-state index in [0.29, 0.717) is 0 Å². The van der Waals surface area contributed by atoms with E-state index in [9.17, 15) is 0 Å². The predicted octanol–water partition coefficient (Wildman–Crippen LogP) is 13.8. The third kappa shape index (κ3) is 10.3. The van der Waals surface area contributed by atoms with Crippen LogP contribution in [0.2, 0.25) is 19.6 Å². The first-order valence-electron chi connectivity index (χ1n) is 20.6. The van der Waals surface area contributed by atoms with Gasteiger partial charge in [0.05, 0.1) is 13.7 Å². The summed E-state index contributed by atoms with van der Waals surface area (Å²) in [6.07, 6.45) is 13.5. The molecule has 1 fully saturated rings. The number of fused-ring (bicyclic) bond motifs is 3. The largest absolute Gasteiger partial charge is 0.477 e. The van der Waals surface area contributed by atoms with Crippen molar-refractivity contribution in [3.05, 3.63) is 137 Å². The van der Waals surface area contributed by atoms with Gasteiger partial charge in [-0.15, -0.1) is 53.6 Å². The summed E-state index contributed by atoms with van der Waals surface area (Å²) >= 11 is 0. The van der Waals surface area contributed by atoms with Crippen molar-refractivity contribution in [2.45, 2.75) is 106 Å². The SMILES string of the molecule is C[Si](C)(C)c1cnc(-c2[c-]cccc2)cc1CC1CCCCC1.Cc1ccc(C)c(-c2ccc3oc4[c-]c(-c5cc(CC(C)(C)C)c(C)cn5)ccc4c3c2)c1.[Ir]. The van der Waals surface area contributed by atoms with Gasteiger partial charge in [0.25, 0.3) is 0 Å². The number of furan rings is 1. The van der Waals surface area contributed by atoms with Crippen LogP contribution in [0.1, 0.15) is 80.7 Å². The van der Waals surface area contributed by atoms with Crippen LogP contribution in [0.15, 0.2) is 102 Å². The third-order valence-electron chi connectivity index (χ3n) is 11.3. The number of benzene rings is 4. The van der Waals surface area contributed by atoms with Gasteiger partial charge in [-0.1, -0.05) is 143 Å². The summed E-state index contributed by atoms with van der Waals surface area (Å²) < 4.78 is 6.21. The molecule has 4 aromatic carbocycles. The van der Waals surface area contributed by atoms with E-state index >= 15 is 0 Å². The zero-order valence-corrected chi connectivity index (χ0v) is 38.8. The van der Waals surface area contributed by atoms with Crippen molar-refractivity contribution in [3.63, 3.8) is 0 Å². The number of nitrogens with zero attached hydrogens (tertiary/aromatic N) is 2. The van der Waals surface area contributed by atoms with E-state index in [1.807, 2.05) is 18.3 Å². The number of rotatable bonds is 7. The average Bonchev–Trinajstić information content (AvgIpc) is 3.54. The van der Waals surface area contributed by atoms with Crippen molar-refractivity contribution in [1.29, 1.82) is 0 Å². The van der Waals surface area contributed by atoms with Crippen LogP contribution in [0.3, 0.4) is 0 Å². The molecular weight excluding hydrogens is 889 g/mol. The molecule has 0 unspecified atom stereocenters. The molecule has 0 spiro atoms. The first-order valence-corrected chi connectivity index (χ1v) is 24.1. The van der Waals surface area contributed by atoms with Crippen LogP contribution in [0.5, 0.6) is 0 Å². The summed E-state index contributed by atoms with van der Waals surface area (Å²) in [7, 11) is -1.36. The summed E-state index contributed by atoms with van der Waals surface area (Å²) in [6, 6.07) is 36.9. The van der Waals surface area contributed by atoms with Crippen molar-refractivity contribution < 1.29 is 24.5 Å². The Morgan fingerprint density at radius 3 is 2.19 bits per heavy atom. The quantitative estimate of drug-likeness (QED) is 0.118. The van der Waals surface area contributed by atoms with E-state index in [0.717, 1.165) is 56.8 Å². The molecule has 0 saturated heterocycles. The maximum absolute atomic E-state index is 6.21. The Morgan fingerprint density at radius 1 is 0.737 bits per heavy atom. The minimum absolute atomic E-state index is 0. The normalized spacial score (nSPS) is 13.6. The molecule has 0 amide bonds. The van der Waals surface area contributed by atoms with Gasteiger partial charge in [0.1, 0.15) is 5.58 Å². The molecule has 1 saturated carbocycles. The summed E-state index contributed by atoms with van der Waals surface area (Å²) in [5.41, 5.74) is 15.1. The fraction of sp³-hybridized carbons (Fsp3) is 0.346. The molecular formula is C52H58IrN2OSi-2. The molecule has 0 N–H and O–H groups in total. The first kappa shape index (κ1) is 42.5. The van der Waals surface area contributed by atoms with E-state index in [1.54, 1.807) is 10.8 Å². The molecule has 1 aliphatic carbocycles. The van der Waals surface area contributed by atoms with Crippen LogP contribution >= 0.6 is 0 Å². The molecule has 3 aromatic heterocycles. The molecule has 0 atom stereocenters. The van der Waals surface area contributed by atoms with E-state index in [2.05, 4.69) is 152 Å². The van der Waals surface area contributed by atoms with Crippen LogP contribution in [-0.4, -0.2) is 18.0 Å². The molecule has 7 aromatic rings. The first-order chi connectivity index (χ1) is 26.7. The van der Waals surface area contributed by atoms with Crippen molar-refractivity contribution >= 4 is 35.2 Å². The van der Waals surface area contributed by atoms with Crippen molar-refractivity contribution in [2.75, 3.05) is 0 Å². The molecule has 0 aliphatic heterocycles. The van der Waals surface area contributed by atoms with Gasteiger partial charge >= 0.3 is 0 Å². The summed E-state index contributed by atoms with van der Waals surface area (Å²) in [4.78, 5) is 9.47. The topological polar surface area (TPSA) is 38.9 Å². The predicted molar refractivity (Wildman–Crippen MR) is 240 cm³/mol. The van der Waals surface area contributed by atoms with Crippen LogP contribution < -0.4 is 5.19 Å². The number of hydrogen-bond donors (Lipinski definition) is 0. The van der Waals surface area contributed by atoms with Crippen LogP contribution in [0.25, 0.3) is 55.6 Å². The zero-order valence-electron chi connectivity index (χ0n) is 35.4. The number of pyridine rings is 2. The second kappa shape index (κ2) is 17.8. The second-order valence-corrected chi connectivity index (χ2v) is 23.5. The fourth-order valence-corrected chi connectivity index (χ4v) is 9.88. The Balaban J connectivity index is 0.000000202. The average molecular weight is 947 g/mol. The van der Waals surface area contributed by atoms with E-state index in [4.69, 9.17) is 14.4 Å². The smallest absolute Gasteiger partial charge is 0.123 e. The van der Waals surface area contributed by atoms with Crippen molar-refractivity contribution in [3.8, 4) is 33.6 Å². The Labute approximate surface area is 356 Å². The monoisotopic (exact) mass is 947 g/mol. The van der Waals surface area contributed by atoms with Gasteiger partial charge in [-0.25, -0.2) is 0 Å². The van der Waals surface area contributed by atoms with Crippen molar-refractivity contribution in [2.24, 2.45) is 11.3 Å². The Kier molecular flexibility index (Phi) is 13.2. The molecule has 3 nitrogen and oxygen atoms in total. The molecule has 57 heavy (non-hydrogen) atoms. The zero-order chi connectivity index (χ0) is 39.6. The molecule has 297 valence electrons. The molecule has 5 heteroatoms. The number of aryl methyl sites for hydroxylation is 3. The Bertz CT molecular complexity index is 2460. The minimum Gasteiger partial charge on any atom is -0.477 e. The van der Waals surface area contributed by atoms with Gasteiger partial charge < -0.3 is 14.4 Å². The Morgan fingerprint density at radius 2 is 1.47 bits per heavy atom. The van der Waals surface area contributed by atoms with Gasteiger partial charge in [0, 0.05) is 32.5 Å². The Hall–Kier alpha value is -4.15. The van der Waals surface area contributed by atoms with E-state index in [-0.39, 0.29) is 25.5 Å². The summed E-state index contributed by atoms with van der Waals surface area (Å²) in [5.74, 6) is 0.869. The third-order valence-corrected chi connectivity index (χ3v) is 13.4. The van der Waals surface area contributed by atoms with Gasteiger partial charge in [-0.05, 0) is 95.2 Å². The summed E-state index contributed by atoms with van der Waals surface area (Å²) in [6.45, 7) is 20.5. The van der Waals surface area contributed by atoms with Crippen LogP contribution in [0.4, 0.5) is 0 Å². The standard InChI is InChI=1S/C31H30NO.C21H28NSi.Ir/c1-19-7-8-20(2)26(13-19)22-10-12-29-27(14-22)25-11-9-23(16-30(25)33-29)28-15-24(17-31(4,5)6)21(3)18-32-28;1-23(2,3)21-16-22-20(18-12-8-5-9-13-18)15-19(21)14-17-10-6-4-7-11-17;/h7-15,18H,17H2,1-6H3;5,8-9,12,15-17H,4,6-7,10-11,14H2,1-3H3;/q2*-1;.